The molecule has 0 aromatic carbocycles. The Morgan fingerprint density at radius 2 is 1.43 bits per heavy atom. The molecule has 0 atom stereocenters. The zero-order valence-electron chi connectivity index (χ0n) is 12.7. The Kier molecular flexibility index (Phi) is 10.1. The van der Waals surface area contributed by atoms with E-state index in [-0.39, 0.29) is 19.1 Å². The normalized spacial score (nSPS) is 12.4. The number of rotatable bonds is 12. The molecule has 0 N–H and O–H groups in total. The summed E-state index contributed by atoms with van der Waals surface area (Å²) in [4.78, 5) is 4.22. The first-order valence-electron chi connectivity index (χ1n) is 6.03. The van der Waals surface area contributed by atoms with Crippen LogP contribution in [-0.2, 0) is 27.2 Å². The molecule has 0 unspecified atom stereocenters. The summed E-state index contributed by atoms with van der Waals surface area (Å²) in [6.07, 6.45) is 0.338. The van der Waals surface area contributed by atoms with Gasteiger partial charge in [-0.05, 0) is 18.5 Å². The smallest absolute Gasteiger partial charge is 0.311 e. The van der Waals surface area contributed by atoms with Crippen molar-refractivity contribution in [2.24, 2.45) is 5.11 Å². The zero-order valence-corrected chi connectivity index (χ0v) is 14.5. The summed E-state index contributed by atoms with van der Waals surface area (Å²) in [6.45, 7) is 0.633. The van der Waals surface area contributed by atoms with E-state index < -0.39 is 15.2 Å². The molecule has 12 heteroatoms. The second-order valence-corrected chi connectivity index (χ2v) is 8.41. The molecule has 0 aliphatic carbocycles. The molecule has 10 nitrogen and oxygen atoms in total. The van der Waals surface area contributed by atoms with Crippen LogP contribution in [-0.4, -0.2) is 59.0 Å². The number of hydrogen-bond donors (Lipinski definition) is 0. The summed E-state index contributed by atoms with van der Waals surface area (Å²) in [5, 5.41) is 3.41. The first kappa shape index (κ1) is 20.6. The van der Waals surface area contributed by atoms with E-state index in [4.69, 9.17) is 23.6 Å². The van der Waals surface area contributed by atoms with Crippen LogP contribution in [0.3, 0.4) is 0 Å². The Bertz CT molecular complexity index is 398. The first-order chi connectivity index (χ1) is 9.88. The number of hydrogen-bond acceptors (Lipinski definition) is 8. The largest absolute Gasteiger partial charge is 0.344 e. The third-order valence-electron chi connectivity index (χ3n) is 2.65. The van der Waals surface area contributed by atoms with E-state index in [0.717, 1.165) is 0 Å². The minimum atomic E-state index is -3.31. The maximum Gasteiger partial charge on any atom is 0.344 e. The molecule has 0 heterocycles. The van der Waals surface area contributed by atoms with Gasteiger partial charge in [0.25, 0.3) is 0 Å². The van der Waals surface area contributed by atoms with Gasteiger partial charge >= 0.3 is 15.2 Å². The van der Waals surface area contributed by atoms with Crippen LogP contribution >= 0.6 is 15.2 Å². The lowest BCUT2D eigenvalue weighted by molar-refractivity contribution is 0.223. The Labute approximate surface area is 124 Å². The highest BCUT2D eigenvalue weighted by Crippen LogP contribution is 2.51. The Hall–Kier alpha value is -0.430. The van der Waals surface area contributed by atoms with Crippen molar-refractivity contribution < 1.29 is 27.2 Å². The van der Waals surface area contributed by atoms with Gasteiger partial charge in [0.15, 0.2) is 0 Å². The Morgan fingerprint density at radius 3 is 1.76 bits per heavy atom. The van der Waals surface area contributed by atoms with E-state index in [1.165, 1.54) is 28.4 Å². The van der Waals surface area contributed by atoms with Crippen molar-refractivity contribution in [2.75, 3.05) is 54.1 Å². The van der Waals surface area contributed by atoms with Crippen molar-refractivity contribution in [1.29, 1.82) is 0 Å². The molecule has 0 aromatic rings. The molecule has 0 spiro atoms. The van der Waals surface area contributed by atoms with Crippen LogP contribution in [0.15, 0.2) is 5.11 Å². The van der Waals surface area contributed by atoms with Crippen LogP contribution < -0.4 is 0 Å². The predicted molar refractivity (Wildman–Crippen MR) is 78.3 cm³/mol. The minimum absolute atomic E-state index is 0.0764. The van der Waals surface area contributed by atoms with Crippen molar-refractivity contribution in [3.63, 3.8) is 0 Å². The molecular formula is C9H22N4O6P2. The molecular weight excluding hydrogens is 322 g/mol. The van der Waals surface area contributed by atoms with E-state index in [1.54, 1.807) is 4.90 Å². The highest BCUT2D eigenvalue weighted by Gasteiger charge is 2.31. The Morgan fingerprint density at radius 1 is 1.00 bits per heavy atom. The molecule has 0 saturated carbocycles. The average molecular weight is 344 g/mol. The van der Waals surface area contributed by atoms with Gasteiger partial charge in [-0.15, -0.1) is 0 Å². The van der Waals surface area contributed by atoms with E-state index >= 15 is 0 Å². The van der Waals surface area contributed by atoms with Crippen LogP contribution in [0.1, 0.15) is 6.42 Å². The predicted octanol–water partition coefficient (Wildman–Crippen LogP) is 2.88. The molecule has 21 heavy (non-hydrogen) atoms. The van der Waals surface area contributed by atoms with Crippen molar-refractivity contribution in [3.8, 4) is 0 Å². The third kappa shape index (κ3) is 7.95. The minimum Gasteiger partial charge on any atom is -0.311 e. The summed E-state index contributed by atoms with van der Waals surface area (Å²) in [7, 11) is -1.53. The van der Waals surface area contributed by atoms with E-state index in [1.807, 2.05) is 0 Å². The monoisotopic (exact) mass is 344 g/mol. The van der Waals surface area contributed by atoms with Crippen LogP contribution in [0.2, 0.25) is 0 Å². The molecule has 124 valence electrons. The highest BCUT2D eigenvalue weighted by molar-refractivity contribution is 7.54. The molecule has 0 aromatic heterocycles. The van der Waals surface area contributed by atoms with Crippen molar-refractivity contribution in [2.45, 2.75) is 6.42 Å². The summed E-state index contributed by atoms with van der Waals surface area (Å²) in [5.41, 5.74) is 8.23. The lowest BCUT2D eigenvalue weighted by atomic mass is 10.4. The van der Waals surface area contributed by atoms with Crippen molar-refractivity contribution in [1.82, 2.24) is 4.90 Å². The SMILES string of the molecule is COP(=O)(CN(CCCN=[N+]=[N-])CP(=O)(OC)OC)OC. The summed E-state index contributed by atoms with van der Waals surface area (Å²) in [5.74, 6) is 0. The average Bonchev–Trinajstić information content (AvgIpc) is 2.51. The number of nitrogens with zero attached hydrogens (tertiary/aromatic N) is 4. The molecule has 0 bridgehead atoms. The van der Waals surface area contributed by atoms with Gasteiger partial charge in [-0.2, -0.15) is 0 Å². The van der Waals surface area contributed by atoms with Gasteiger partial charge < -0.3 is 18.1 Å². The molecule has 0 aliphatic rings. The zero-order chi connectivity index (χ0) is 16.4. The highest BCUT2D eigenvalue weighted by atomic mass is 31.2. The summed E-state index contributed by atoms with van der Waals surface area (Å²) in [6, 6.07) is 0. The lowest BCUT2D eigenvalue weighted by Crippen LogP contribution is -2.29. The lowest BCUT2D eigenvalue weighted by Gasteiger charge is -2.27. The fraction of sp³-hybridized carbons (Fsp3) is 1.00. The number of azide groups is 1. The van der Waals surface area contributed by atoms with Crippen LogP contribution in [0.5, 0.6) is 0 Å². The van der Waals surface area contributed by atoms with Gasteiger partial charge in [0, 0.05) is 39.9 Å². The second kappa shape index (κ2) is 10.3. The van der Waals surface area contributed by atoms with Gasteiger partial charge in [-0.25, -0.2) is 0 Å². The van der Waals surface area contributed by atoms with Gasteiger partial charge in [0.05, 0.1) is 0 Å². The third-order valence-corrected chi connectivity index (χ3v) is 6.37. The molecule has 0 amide bonds. The second-order valence-electron chi connectivity index (χ2n) is 3.94. The molecule has 0 fully saturated rings. The van der Waals surface area contributed by atoms with Crippen LogP contribution in [0.25, 0.3) is 10.4 Å². The molecule has 0 rings (SSSR count). The van der Waals surface area contributed by atoms with Gasteiger partial charge in [-0.1, -0.05) is 5.11 Å². The van der Waals surface area contributed by atoms with Crippen LogP contribution in [0.4, 0.5) is 0 Å². The molecule has 0 saturated heterocycles. The summed E-state index contributed by atoms with van der Waals surface area (Å²) < 4.78 is 43.8. The first-order valence-corrected chi connectivity index (χ1v) is 9.48. The van der Waals surface area contributed by atoms with Gasteiger partial charge in [-0.3, -0.25) is 14.0 Å². The molecule has 0 radical (unpaired) electrons. The van der Waals surface area contributed by atoms with E-state index in [2.05, 4.69) is 10.0 Å². The van der Waals surface area contributed by atoms with Gasteiger partial charge in [0.2, 0.25) is 0 Å². The quantitative estimate of drug-likeness (QED) is 0.175. The van der Waals surface area contributed by atoms with Crippen molar-refractivity contribution >= 4 is 15.2 Å². The fourth-order valence-electron chi connectivity index (χ4n) is 1.47. The van der Waals surface area contributed by atoms with Gasteiger partial charge in [0.1, 0.15) is 12.6 Å². The van der Waals surface area contributed by atoms with E-state index in [0.29, 0.717) is 13.0 Å². The standard InChI is InChI=1S/C9H22N4O6P2/c1-16-20(14,17-2)8-13(7-5-6-11-12-10)9-21(15,18-3)19-4/h5-9H2,1-4H3. The maximum absolute atomic E-state index is 12.2. The Balaban J connectivity index is 4.87. The maximum atomic E-state index is 12.2. The van der Waals surface area contributed by atoms with Crippen molar-refractivity contribution in [3.05, 3.63) is 10.4 Å². The fourth-order valence-corrected chi connectivity index (χ4v) is 3.85. The van der Waals surface area contributed by atoms with Crippen LogP contribution in [0, 0.1) is 0 Å². The molecule has 0 aliphatic heterocycles. The topological polar surface area (TPSA) is 123 Å². The summed E-state index contributed by atoms with van der Waals surface area (Å²) >= 11 is 0. The van der Waals surface area contributed by atoms with E-state index in [9.17, 15) is 9.13 Å².